The molecule has 1 atom stereocenters. The van der Waals surface area contributed by atoms with Gasteiger partial charge in [-0.3, -0.25) is 4.79 Å². The first kappa shape index (κ1) is 13.0. The minimum absolute atomic E-state index is 0.0705. The SMILES string of the molecule is O=C(c1cccc2c1OCCO2)N1CCC2(CCNC2)C1. The van der Waals surface area contributed by atoms with Crippen LogP contribution in [0.4, 0.5) is 0 Å². The number of carbonyl (C=O) groups excluding carboxylic acids is 1. The van der Waals surface area contributed by atoms with Crippen molar-refractivity contribution in [2.24, 2.45) is 5.41 Å². The molecule has 3 aliphatic heterocycles. The van der Waals surface area contributed by atoms with Crippen molar-refractivity contribution in [1.82, 2.24) is 10.2 Å². The molecule has 0 aliphatic carbocycles. The van der Waals surface area contributed by atoms with Crippen LogP contribution in [0.2, 0.25) is 0 Å². The molecule has 1 N–H and O–H groups in total. The number of amides is 1. The van der Waals surface area contributed by atoms with E-state index >= 15 is 0 Å². The number of para-hydroxylation sites is 1. The van der Waals surface area contributed by atoms with Crippen molar-refractivity contribution in [3.8, 4) is 11.5 Å². The van der Waals surface area contributed by atoms with Crippen molar-refractivity contribution >= 4 is 5.91 Å². The third kappa shape index (κ3) is 2.16. The van der Waals surface area contributed by atoms with Crippen LogP contribution in [0, 0.1) is 5.41 Å². The summed E-state index contributed by atoms with van der Waals surface area (Å²) in [6.45, 7) is 4.84. The van der Waals surface area contributed by atoms with Crippen LogP contribution in [0.3, 0.4) is 0 Å². The monoisotopic (exact) mass is 288 g/mol. The number of hydrogen-bond donors (Lipinski definition) is 1. The Hall–Kier alpha value is -1.75. The first-order chi connectivity index (χ1) is 10.3. The summed E-state index contributed by atoms with van der Waals surface area (Å²) in [5.41, 5.74) is 0.928. The van der Waals surface area contributed by atoms with Gasteiger partial charge >= 0.3 is 0 Å². The lowest BCUT2D eigenvalue weighted by molar-refractivity contribution is 0.0765. The fraction of sp³-hybridized carbons (Fsp3) is 0.562. The second-order valence-corrected chi connectivity index (χ2v) is 6.23. The van der Waals surface area contributed by atoms with Crippen LogP contribution in [0.1, 0.15) is 23.2 Å². The third-order valence-electron chi connectivity index (χ3n) is 4.85. The summed E-state index contributed by atoms with van der Waals surface area (Å²) in [6, 6.07) is 5.56. The van der Waals surface area contributed by atoms with Crippen molar-refractivity contribution in [1.29, 1.82) is 0 Å². The zero-order valence-corrected chi connectivity index (χ0v) is 12.1. The van der Waals surface area contributed by atoms with Crippen molar-refractivity contribution < 1.29 is 14.3 Å². The number of hydrogen-bond acceptors (Lipinski definition) is 4. The van der Waals surface area contributed by atoms with Crippen molar-refractivity contribution in [2.75, 3.05) is 39.4 Å². The van der Waals surface area contributed by atoms with Gasteiger partial charge in [0.1, 0.15) is 13.2 Å². The number of rotatable bonds is 1. The largest absolute Gasteiger partial charge is 0.486 e. The molecule has 1 spiro atoms. The Kier molecular flexibility index (Phi) is 3.03. The van der Waals surface area contributed by atoms with E-state index in [1.54, 1.807) is 0 Å². The lowest BCUT2D eigenvalue weighted by atomic mass is 9.86. The molecule has 0 bridgehead atoms. The van der Waals surface area contributed by atoms with Gasteiger partial charge in [0, 0.05) is 25.0 Å². The van der Waals surface area contributed by atoms with Crippen molar-refractivity contribution in [3.63, 3.8) is 0 Å². The molecule has 1 amide bonds. The first-order valence-corrected chi connectivity index (χ1v) is 7.66. The summed E-state index contributed by atoms with van der Waals surface area (Å²) in [7, 11) is 0. The number of nitrogens with one attached hydrogen (secondary N) is 1. The van der Waals surface area contributed by atoms with E-state index in [1.165, 1.54) is 6.42 Å². The number of benzene rings is 1. The Bertz CT molecular complexity index is 567. The molecule has 0 saturated carbocycles. The summed E-state index contributed by atoms with van der Waals surface area (Å²) < 4.78 is 11.2. The molecule has 2 fully saturated rings. The Morgan fingerprint density at radius 3 is 3.00 bits per heavy atom. The second kappa shape index (κ2) is 4.91. The molecule has 4 rings (SSSR count). The molecule has 1 aromatic carbocycles. The van der Waals surface area contributed by atoms with Gasteiger partial charge in [-0.25, -0.2) is 0 Å². The van der Waals surface area contributed by atoms with Gasteiger partial charge in [0.25, 0.3) is 5.91 Å². The minimum Gasteiger partial charge on any atom is -0.486 e. The number of nitrogens with zero attached hydrogens (tertiary/aromatic N) is 1. The topological polar surface area (TPSA) is 50.8 Å². The van der Waals surface area contributed by atoms with E-state index in [4.69, 9.17) is 9.47 Å². The van der Waals surface area contributed by atoms with E-state index in [2.05, 4.69) is 5.32 Å². The highest BCUT2D eigenvalue weighted by molar-refractivity contribution is 5.98. The van der Waals surface area contributed by atoms with Gasteiger partial charge in [0.2, 0.25) is 0 Å². The zero-order valence-electron chi connectivity index (χ0n) is 12.1. The fourth-order valence-corrected chi connectivity index (χ4v) is 3.66. The Morgan fingerprint density at radius 2 is 2.14 bits per heavy atom. The van der Waals surface area contributed by atoms with Crippen LogP contribution in [0.5, 0.6) is 11.5 Å². The molecule has 3 aliphatic rings. The maximum atomic E-state index is 12.8. The fourth-order valence-electron chi connectivity index (χ4n) is 3.66. The molecule has 5 nitrogen and oxygen atoms in total. The molecular formula is C16H20N2O3. The van der Waals surface area contributed by atoms with Crippen LogP contribution in [0.15, 0.2) is 18.2 Å². The van der Waals surface area contributed by atoms with E-state index in [0.29, 0.717) is 35.7 Å². The van der Waals surface area contributed by atoms with E-state index in [9.17, 15) is 4.79 Å². The second-order valence-electron chi connectivity index (χ2n) is 6.23. The Morgan fingerprint density at radius 1 is 1.24 bits per heavy atom. The molecule has 5 heteroatoms. The summed E-state index contributed by atoms with van der Waals surface area (Å²) in [4.78, 5) is 14.8. The lowest BCUT2D eigenvalue weighted by Gasteiger charge is -2.25. The highest BCUT2D eigenvalue weighted by Gasteiger charge is 2.42. The van der Waals surface area contributed by atoms with Gasteiger partial charge < -0.3 is 19.7 Å². The molecule has 2 saturated heterocycles. The number of fused-ring (bicyclic) bond motifs is 1. The summed E-state index contributed by atoms with van der Waals surface area (Å²) >= 11 is 0. The predicted molar refractivity (Wildman–Crippen MR) is 77.9 cm³/mol. The smallest absolute Gasteiger partial charge is 0.257 e. The van der Waals surface area contributed by atoms with E-state index in [-0.39, 0.29) is 5.91 Å². The quantitative estimate of drug-likeness (QED) is 0.846. The van der Waals surface area contributed by atoms with Gasteiger partial charge in [-0.15, -0.1) is 0 Å². The van der Waals surface area contributed by atoms with Crippen LogP contribution in [-0.2, 0) is 0 Å². The Balaban J connectivity index is 1.58. The third-order valence-corrected chi connectivity index (χ3v) is 4.85. The van der Waals surface area contributed by atoms with Gasteiger partial charge in [0.05, 0.1) is 5.56 Å². The molecule has 0 aromatic heterocycles. The molecule has 1 unspecified atom stereocenters. The molecule has 3 heterocycles. The van der Waals surface area contributed by atoms with Crippen LogP contribution >= 0.6 is 0 Å². The molecule has 112 valence electrons. The van der Waals surface area contributed by atoms with Crippen molar-refractivity contribution in [2.45, 2.75) is 12.8 Å². The summed E-state index contributed by atoms with van der Waals surface area (Å²) in [6.07, 6.45) is 2.27. The van der Waals surface area contributed by atoms with Gasteiger partial charge in [-0.05, 0) is 31.5 Å². The first-order valence-electron chi connectivity index (χ1n) is 7.66. The maximum absolute atomic E-state index is 12.8. The number of likely N-dealkylation sites (tertiary alicyclic amines) is 1. The predicted octanol–water partition coefficient (Wildman–Crippen LogP) is 1.28. The van der Waals surface area contributed by atoms with E-state index in [0.717, 1.165) is 32.6 Å². The molecule has 0 radical (unpaired) electrons. The lowest BCUT2D eigenvalue weighted by Crippen LogP contribution is -2.33. The molecule has 1 aromatic rings. The Labute approximate surface area is 124 Å². The summed E-state index contributed by atoms with van der Waals surface area (Å²) in [5, 5.41) is 3.42. The molecule has 21 heavy (non-hydrogen) atoms. The normalized spacial score (nSPS) is 27.3. The van der Waals surface area contributed by atoms with Crippen LogP contribution < -0.4 is 14.8 Å². The number of carbonyl (C=O) groups is 1. The summed E-state index contributed by atoms with van der Waals surface area (Å²) in [5.74, 6) is 1.36. The highest BCUT2D eigenvalue weighted by atomic mass is 16.6. The van der Waals surface area contributed by atoms with Gasteiger partial charge in [0.15, 0.2) is 11.5 Å². The van der Waals surface area contributed by atoms with Crippen LogP contribution in [-0.4, -0.2) is 50.2 Å². The van der Waals surface area contributed by atoms with E-state index < -0.39 is 0 Å². The highest BCUT2D eigenvalue weighted by Crippen LogP contribution is 2.39. The standard InChI is InChI=1S/C16H20N2O3/c19-15(18-7-5-16(11-18)4-6-17-10-16)12-2-1-3-13-14(12)21-9-8-20-13/h1-3,17H,4-11H2. The maximum Gasteiger partial charge on any atom is 0.257 e. The van der Waals surface area contributed by atoms with Crippen molar-refractivity contribution in [3.05, 3.63) is 23.8 Å². The average molecular weight is 288 g/mol. The van der Waals surface area contributed by atoms with Gasteiger partial charge in [-0.1, -0.05) is 6.07 Å². The molecular weight excluding hydrogens is 268 g/mol. The minimum atomic E-state index is 0.0705. The zero-order chi connectivity index (χ0) is 14.3. The van der Waals surface area contributed by atoms with Gasteiger partial charge in [-0.2, -0.15) is 0 Å². The average Bonchev–Trinajstić information content (AvgIpc) is 3.17. The number of ether oxygens (including phenoxy) is 2. The van der Waals surface area contributed by atoms with E-state index in [1.807, 2.05) is 23.1 Å². The van der Waals surface area contributed by atoms with Crippen LogP contribution in [0.25, 0.3) is 0 Å².